The van der Waals surface area contributed by atoms with E-state index in [2.05, 4.69) is 20.5 Å². The van der Waals surface area contributed by atoms with E-state index in [1.165, 1.54) is 11.6 Å². The van der Waals surface area contributed by atoms with Crippen molar-refractivity contribution < 1.29 is 23.9 Å². The number of hydrogen-bond donors (Lipinski definition) is 2. The van der Waals surface area contributed by atoms with Gasteiger partial charge in [-0.2, -0.15) is 4.63 Å². The number of esters is 2. The Hall–Kier alpha value is -4.18. The topological polar surface area (TPSA) is 128 Å². The SMILES string of the molecule is CC(=O)OC(C(=O)OCC(=O)Nc1cccc(-c2nc3c(Cl)c(C)[nH]n3n2)c1)c1ccccc1. The lowest BCUT2D eigenvalue weighted by atomic mass is 10.1. The van der Waals surface area contributed by atoms with Gasteiger partial charge in [0.15, 0.2) is 18.1 Å². The van der Waals surface area contributed by atoms with Gasteiger partial charge < -0.3 is 14.8 Å². The number of aryl methyl sites for hydroxylation is 1. The zero-order valence-corrected chi connectivity index (χ0v) is 19.0. The molecule has 174 valence electrons. The molecule has 0 spiro atoms. The lowest BCUT2D eigenvalue weighted by Gasteiger charge is -2.16. The Morgan fingerprint density at radius 3 is 2.62 bits per heavy atom. The molecule has 2 aromatic carbocycles. The molecule has 0 bridgehead atoms. The maximum atomic E-state index is 12.5. The van der Waals surface area contributed by atoms with Gasteiger partial charge >= 0.3 is 11.9 Å². The van der Waals surface area contributed by atoms with Gasteiger partial charge in [-0.15, -0.1) is 5.10 Å². The minimum atomic E-state index is -1.26. The van der Waals surface area contributed by atoms with Crippen molar-refractivity contribution in [3.8, 4) is 11.4 Å². The summed E-state index contributed by atoms with van der Waals surface area (Å²) in [6.07, 6.45) is -1.26. The summed E-state index contributed by atoms with van der Waals surface area (Å²) in [5.74, 6) is -1.64. The molecule has 0 fully saturated rings. The Morgan fingerprint density at radius 1 is 1.15 bits per heavy atom. The quantitative estimate of drug-likeness (QED) is 0.387. The zero-order valence-electron chi connectivity index (χ0n) is 18.2. The first-order chi connectivity index (χ1) is 16.3. The van der Waals surface area contributed by atoms with Crippen LogP contribution in [-0.4, -0.2) is 44.3 Å². The zero-order chi connectivity index (χ0) is 24.2. The van der Waals surface area contributed by atoms with Crippen LogP contribution >= 0.6 is 11.6 Å². The predicted molar refractivity (Wildman–Crippen MR) is 123 cm³/mol. The number of H-pyrrole nitrogens is 1. The molecule has 11 heteroatoms. The summed E-state index contributed by atoms with van der Waals surface area (Å²) in [7, 11) is 0. The number of ether oxygens (including phenoxy) is 2. The number of halogens is 1. The van der Waals surface area contributed by atoms with Crippen LogP contribution in [0.1, 0.15) is 24.3 Å². The smallest absolute Gasteiger partial charge is 0.352 e. The largest absolute Gasteiger partial charge is 0.453 e. The van der Waals surface area contributed by atoms with Gasteiger partial charge in [-0.25, -0.2) is 9.78 Å². The number of hydrogen-bond acceptors (Lipinski definition) is 7. The van der Waals surface area contributed by atoms with E-state index in [1.807, 2.05) is 6.92 Å². The Bertz CT molecular complexity index is 1360. The molecule has 0 saturated heterocycles. The fourth-order valence-corrected chi connectivity index (χ4v) is 3.39. The Kier molecular flexibility index (Phi) is 6.60. The molecule has 1 amide bonds. The molecule has 4 aromatic rings. The number of aromatic nitrogens is 4. The maximum Gasteiger partial charge on any atom is 0.352 e. The van der Waals surface area contributed by atoms with Gasteiger partial charge in [-0.3, -0.25) is 14.7 Å². The van der Waals surface area contributed by atoms with Gasteiger partial charge in [0.2, 0.25) is 6.10 Å². The van der Waals surface area contributed by atoms with Crippen LogP contribution in [0.5, 0.6) is 0 Å². The molecule has 2 N–H and O–H groups in total. The number of carbonyl (C=O) groups excluding carboxylic acids is 3. The number of benzene rings is 2. The molecule has 0 aliphatic heterocycles. The van der Waals surface area contributed by atoms with E-state index < -0.39 is 30.6 Å². The number of anilines is 1. The minimum absolute atomic E-state index is 0.419. The van der Waals surface area contributed by atoms with Crippen LogP contribution in [0.25, 0.3) is 17.0 Å². The molecule has 1 unspecified atom stereocenters. The van der Waals surface area contributed by atoms with E-state index >= 15 is 0 Å². The van der Waals surface area contributed by atoms with Crippen LogP contribution in [0.4, 0.5) is 5.69 Å². The highest BCUT2D eigenvalue weighted by molar-refractivity contribution is 6.34. The van der Waals surface area contributed by atoms with E-state index in [4.69, 9.17) is 21.1 Å². The fourth-order valence-electron chi connectivity index (χ4n) is 3.22. The second kappa shape index (κ2) is 9.75. The van der Waals surface area contributed by atoms with Crippen LogP contribution in [0.15, 0.2) is 54.6 Å². The summed E-state index contributed by atoms with van der Waals surface area (Å²) < 4.78 is 11.6. The van der Waals surface area contributed by atoms with Crippen LogP contribution in [-0.2, 0) is 23.9 Å². The lowest BCUT2D eigenvalue weighted by molar-refractivity contribution is -0.168. The van der Waals surface area contributed by atoms with Gasteiger partial charge in [0, 0.05) is 23.7 Å². The number of carbonyl (C=O) groups is 3. The normalized spacial score (nSPS) is 11.7. The highest BCUT2D eigenvalue weighted by Gasteiger charge is 2.26. The average molecular weight is 482 g/mol. The summed E-state index contributed by atoms with van der Waals surface area (Å²) in [5.41, 5.74) is 2.80. The van der Waals surface area contributed by atoms with Crippen molar-refractivity contribution in [1.29, 1.82) is 0 Å². The highest BCUT2D eigenvalue weighted by Crippen LogP contribution is 2.25. The highest BCUT2D eigenvalue weighted by atomic mass is 35.5. The van der Waals surface area contributed by atoms with Crippen molar-refractivity contribution in [2.24, 2.45) is 0 Å². The van der Waals surface area contributed by atoms with Gasteiger partial charge in [0.1, 0.15) is 5.02 Å². The summed E-state index contributed by atoms with van der Waals surface area (Å²) in [6.45, 7) is 2.44. The first kappa shape index (κ1) is 23.0. The summed E-state index contributed by atoms with van der Waals surface area (Å²) in [4.78, 5) is 40.7. The van der Waals surface area contributed by atoms with Crippen molar-refractivity contribution in [2.75, 3.05) is 11.9 Å². The van der Waals surface area contributed by atoms with E-state index in [0.717, 1.165) is 5.69 Å². The number of nitrogens with one attached hydrogen (secondary N) is 2. The second-order valence-electron chi connectivity index (χ2n) is 7.36. The molecule has 1 atom stereocenters. The monoisotopic (exact) mass is 481 g/mol. The van der Waals surface area contributed by atoms with E-state index in [1.54, 1.807) is 54.6 Å². The molecule has 0 saturated carbocycles. The van der Waals surface area contributed by atoms with Gasteiger partial charge in [-0.1, -0.05) is 54.1 Å². The van der Waals surface area contributed by atoms with Crippen molar-refractivity contribution in [3.63, 3.8) is 0 Å². The molecule has 0 aliphatic carbocycles. The Morgan fingerprint density at radius 2 is 1.91 bits per heavy atom. The molecule has 0 aliphatic rings. The molecule has 10 nitrogen and oxygen atoms in total. The van der Waals surface area contributed by atoms with Crippen molar-refractivity contribution in [2.45, 2.75) is 20.0 Å². The van der Waals surface area contributed by atoms with Crippen LogP contribution in [0.3, 0.4) is 0 Å². The molecule has 2 heterocycles. The van der Waals surface area contributed by atoms with E-state index in [9.17, 15) is 14.4 Å². The lowest BCUT2D eigenvalue weighted by Crippen LogP contribution is -2.26. The molecular weight excluding hydrogens is 462 g/mol. The predicted octanol–water partition coefficient (Wildman–Crippen LogP) is 3.47. The standard InChI is InChI=1S/C23H20ClN5O5/c1-13-19(24)22-26-21(28-29(22)27-13)16-9-6-10-17(11-16)25-18(31)12-33-23(32)20(34-14(2)30)15-7-4-3-5-8-15/h3-11,20,27H,12H2,1-2H3,(H,25,31). The number of fused-ring (bicyclic) bond motifs is 1. The summed E-state index contributed by atoms with van der Waals surface area (Å²) in [6, 6.07) is 15.3. The molecule has 2 aromatic heterocycles. The first-order valence-electron chi connectivity index (χ1n) is 10.2. The average Bonchev–Trinajstić information content (AvgIpc) is 3.35. The molecule has 4 rings (SSSR count). The number of nitrogens with zero attached hydrogens (tertiary/aromatic N) is 3. The Balaban J connectivity index is 1.40. The fraction of sp³-hybridized carbons (Fsp3) is 0.174. The van der Waals surface area contributed by atoms with E-state index in [-0.39, 0.29) is 0 Å². The maximum absolute atomic E-state index is 12.5. The number of aromatic amines is 1. The van der Waals surface area contributed by atoms with Gasteiger partial charge in [-0.05, 0) is 19.1 Å². The summed E-state index contributed by atoms with van der Waals surface area (Å²) >= 11 is 6.21. The second-order valence-corrected chi connectivity index (χ2v) is 7.74. The Labute approximate surface area is 198 Å². The first-order valence-corrected chi connectivity index (χ1v) is 10.6. The van der Waals surface area contributed by atoms with Crippen molar-refractivity contribution in [1.82, 2.24) is 19.8 Å². The summed E-state index contributed by atoms with van der Waals surface area (Å²) in [5, 5.41) is 10.5. The van der Waals surface area contributed by atoms with Crippen LogP contribution in [0.2, 0.25) is 5.02 Å². The molecule has 0 radical (unpaired) electrons. The molecule has 34 heavy (non-hydrogen) atoms. The third kappa shape index (κ3) is 5.07. The molecular formula is C23H20ClN5O5. The van der Waals surface area contributed by atoms with E-state index in [0.29, 0.717) is 33.3 Å². The van der Waals surface area contributed by atoms with Crippen molar-refractivity contribution in [3.05, 3.63) is 70.9 Å². The third-order valence-corrected chi connectivity index (χ3v) is 5.21. The van der Waals surface area contributed by atoms with Gasteiger partial charge in [0.25, 0.3) is 5.91 Å². The third-order valence-electron chi connectivity index (χ3n) is 4.76. The number of rotatable bonds is 7. The minimum Gasteiger partial charge on any atom is -0.453 e. The van der Waals surface area contributed by atoms with Crippen LogP contribution < -0.4 is 5.32 Å². The number of amides is 1. The van der Waals surface area contributed by atoms with Crippen LogP contribution in [0, 0.1) is 6.92 Å². The van der Waals surface area contributed by atoms with Crippen molar-refractivity contribution >= 4 is 40.8 Å². The van der Waals surface area contributed by atoms with Gasteiger partial charge in [0.05, 0.1) is 5.69 Å².